The van der Waals surface area contributed by atoms with E-state index in [9.17, 15) is 0 Å². The smallest absolute Gasteiger partial charge is 0.161 e. The molecule has 0 bridgehead atoms. The van der Waals surface area contributed by atoms with E-state index in [-0.39, 0.29) is 12.2 Å². The van der Waals surface area contributed by atoms with Gasteiger partial charge in [-0.3, -0.25) is 9.89 Å². The number of fused-ring (bicyclic) bond motifs is 1. The number of benzene rings is 3. The van der Waals surface area contributed by atoms with Gasteiger partial charge in [0.2, 0.25) is 0 Å². The van der Waals surface area contributed by atoms with Crippen LogP contribution < -0.4 is 14.2 Å². The fraction of sp³-hybridized carbons (Fsp3) is 0.240. The lowest BCUT2D eigenvalue weighted by Gasteiger charge is -2.16. The van der Waals surface area contributed by atoms with Crippen LogP contribution >= 0.6 is 0 Å². The molecule has 3 aromatic carbocycles. The summed E-state index contributed by atoms with van der Waals surface area (Å²) in [5.74, 6) is 2.29. The maximum Gasteiger partial charge on any atom is 0.161 e. The lowest BCUT2D eigenvalue weighted by molar-refractivity contribution is 0.351. The third-order valence-electron chi connectivity index (χ3n) is 5.91. The van der Waals surface area contributed by atoms with Crippen molar-refractivity contribution in [1.29, 1.82) is 0 Å². The van der Waals surface area contributed by atoms with Gasteiger partial charge in [0.05, 0.1) is 39.1 Å². The molecule has 1 fully saturated rings. The number of ether oxygens (including phenoxy) is 3. The topological polar surface area (TPSA) is 43.1 Å². The molecular weight excluding hydrogens is 376 g/mol. The van der Waals surface area contributed by atoms with Crippen molar-refractivity contribution < 1.29 is 14.2 Å². The zero-order chi connectivity index (χ0) is 20.7. The Morgan fingerprint density at radius 2 is 1.43 bits per heavy atom. The van der Waals surface area contributed by atoms with Gasteiger partial charge in [0.25, 0.3) is 0 Å². The summed E-state index contributed by atoms with van der Waals surface area (Å²) < 4.78 is 16.3. The van der Waals surface area contributed by atoms with E-state index in [1.807, 2.05) is 24.3 Å². The number of hydrogen-bond acceptors (Lipinski definition) is 5. The average Bonchev–Trinajstić information content (AvgIpc) is 3.43. The van der Waals surface area contributed by atoms with Gasteiger partial charge in [-0.2, -0.15) is 0 Å². The van der Waals surface area contributed by atoms with Crippen LogP contribution in [0.25, 0.3) is 0 Å². The van der Waals surface area contributed by atoms with Gasteiger partial charge in [-0.15, -0.1) is 0 Å². The molecule has 2 heterocycles. The van der Waals surface area contributed by atoms with Crippen LogP contribution in [0, 0.1) is 0 Å². The predicted octanol–water partition coefficient (Wildman–Crippen LogP) is 4.64. The standard InChI is InChI=1S/C25H24N2O3/c1-28-19-12-9-16(10-13-19)22-24-23(17-7-5-4-6-8-17)27(24)25(26-22)18-11-14-20(29-2)21(15-18)30-3/h4-15,23-25H,1-3H3/t23-,24-,25-,27?/m0/s1. The molecule has 2 aliphatic heterocycles. The van der Waals surface area contributed by atoms with Crippen molar-refractivity contribution in [3.8, 4) is 17.2 Å². The lowest BCUT2D eigenvalue weighted by atomic mass is 10.0. The first-order chi connectivity index (χ1) is 14.7. The molecule has 4 atom stereocenters. The SMILES string of the molecule is COc1ccc(C2=N[C@H](c3ccc(OC)c(OC)c3)N3[C@@H]2[C@@H]3c2ccccc2)cc1. The lowest BCUT2D eigenvalue weighted by Crippen LogP contribution is -2.08. The van der Waals surface area contributed by atoms with Crippen molar-refractivity contribution >= 4 is 5.71 Å². The van der Waals surface area contributed by atoms with Crippen LogP contribution in [-0.4, -0.2) is 38.0 Å². The Labute approximate surface area is 176 Å². The molecule has 0 aliphatic carbocycles. The highest BCUT2D eigenvalue weighted by Crippen LogP contribution is 2.56. The maximum atomic E-state index is 5.53. The van der Waals surface area contributed by atoms with Crippen LogP contribution in [0.1, 0.15) is 28.9 Å². The highest BCUT2D eigenvalue weighted by atomic mass is 16.5. The Morgan fingerprint density at radius 1 is 0.700 bits per heavy atom. The van der Waals surface area contributed by atoms with E-state index in [1.54, 1.807) is 21.3 Å². The number of rotatable bonds is 6. The third-order valence-corrected chi connectivity index (χ3v) is 5.91. The average molecular weight is 400 g/mol. The minimum Gasteiger partial charge on any atom is -0.497 e. The summed E-state index contributed by atoms with van der Waals surface area (Å²) >= 11 is 0. The normalized spacial score (nSPS) is 24.0. The highest BCUT2D eigenvalue weighted by Gasteiger charge is 2.59. The second-order valence-corrected chi connectivity index (χ2v) is 7.48. The summed E-state index contributed by atoms with van der Waals surface area (Å²) in [6.07, 6.45) is -0.0582. The summed E-state index contributed by atoms with van der Waals surface area (Å²) in [7, 11) is 5.00. The van der Waals surface area contributed by atoms with E-state index < -0.39 is 0 Å². The summed E-state index contributed by atoms with van der Waals surface area (Å²) in [4.78, 5) is 7.58. The van der Waals surface area contributed by atoms with E-state index in [1.165, 1.54) is 5.56 Å². The first-order valence-corrected chi connectivity index (χ1v) is 10.0. The maximum absolute atomic E-state index is 5.53. The third kappa shape index (κ3) is 3.02. The van der Waals surface area contributed by atoms with Crippen molar-refractivity contribution in [3.05, 3.63) is 89.5 Å². The summed E-state index contributed by atoms with van der Waals surface area (Å²) in [5.41, 5.74) is 4.66. The molecular formula is C25H24N2O3. The second kappa shape index (κ2) is 7.50. The molecule has 2 aliphatic rings. The predicted molar refractivity (Wildman–Crippen MR) is 117 cm³/mol. The quantitative estimate of drug-likeness (QED) is 0.566. The van der Waals surface area contributed by atoms with Crippen LogP contribution in [0.4, 0.5) is 0 Å². The van der Waals surface area contributed by atoms with Crippen LogP contribution in [-0.2, 0) is 0 Å². The van der Waals surface area contributed by atoms with Crippen LogP contribution in [0.5, 0.6) is 17.2 Å². The minimum atomic E-state index is -0.0582. The molecule has 152 valence electrons. The Hall–Kier alpha value is -3.31. The molecule has 5 heteroatoms. The number of nitrogens with zero attached hydrogens (tertiary/aromatic N) is 2. The van der Waals surface area contributed by atoms with Crippen molar-refractivity contribution in [2.45, 2.75) is 18.2 Å². The highest BCUT2D eigenvalue weighted by molar-refractivity contribution is 6.08. The first-order valence-electron chi connectivity index (χ1n) is 10.0. The van der Waals surface area contributed by atoms with Gasteiger partial charge in [0.15, 0.2) is 11.5 Å². The first kappa shape index (κ1) is 18.7. The van der Waals surface area contributed by atoms with Crippen molar-refractivity contribution in [2.75, 3.05) is 21.3 Å². The van der Waals surface area contributed by atoms with Crippen molar-refractivity contribution in [2.24, 2.45) is 4.99 Å². The molecule has 0 aromatic heterocycles. The molecule has 0 saturated carbocycles. The molecule has 5 rings (SSSR count). The molecule has 5 nitrogen and oxygen atoms in total. The summed E-state index contributed by atoms with van der Waals surface area (Å²) in [5, 5.41) is 0. The molecule has 1 saturated heterocycles. The Balaban J connectivity index is 1.55. The zero-order valence-corrected chi connectivity index (χ0v) is 17.3. The van der Waals surface area contributed by atoms with Gasteiger partial charge in [0, 0.05) is 0 Å². The van der Waals surface area contributed by atoms with E-state index in [2.05, 4.69) is 53.4 Å². The molecule has 30 heavy (non-hydrogen) atoms. The number of aliphatic imine (C=N–C) groups is 1. The number of methoxy groups -OCH3 is 3. The van der Waals surface area contributed by atoms with Crippen LogP contribution in [0.15, 0.2) is 77.8 Å². The molecule has 0 N–H and O–H groups in total. The van der Waals surface area contributed by atoms with Crippen LogP contribution in [0.2, 0.25) is 0 Å². The largest absolute Gasteiger partial charge is 0.497 e. The van der Waals surface area contributed by atoms with E-state index in [0.717, 1.165) is 34.1 Å². The summed E-state index contributed by atoms with van der Waals surface area (Å²) in [6, 6.07) is 25.4. The zero-order valence-electron chi connectivity index (χ0n) is 17.3. The van der Waals surface area contributed by atoms with Gasteiger partial charge < -0.3 is 14.2 Å². The molecule has 1 unspecified atom stereocenters. The molecule has 0 radical (unpaired) electrons. The van der Waals surface area contributed by atoms with Gasteiger partial charge in [-0.05, 0) is 53.1 Å². The second-order valence-electron chi connectivity index (χ2n) is 7.48. The fourth-order valence-electron chi connectivity index (χ4n) is 4.39. The Kier molecular flexibility index (Phi) is 4.68. The minimum absolute atomic E-state index is 0.0582. The van der Waals surface area contributed by atoms with E-state index >= 15 is 0 Å². The van der Waals surface area contributed by atoms with Gasteiger partial charge in [-0.25, -0.2) is 0 Å². The van der Waals surface area contributed by atoms with E-state index in [0.29, 0.717) is 6.04 Å². The molecule has 3 aromatic rings. The van der Waals surface area contributed by atoms with Crippen LogP contribution in [0.3, 0.4) is 0 Å². The Bertz CT molecular complexity index is 1080. The van der Waals surface area contributed by atoms with Crippen molar-refractivity contribution in [3.63, 3.8) is 0 Å². The fourth-order valence-corrected chi connectivity index (χ4v) is 4.39. The van der Waals surface area contributed by atoms with Gasteiger partial charge in [-0.1, -0.05) is 36.4 Å². The molecule has 0 spiro atoms. The number of hydrogen-bond donors (Lipinski definition) is 0. The monoisotopic (exact) mass is 400 g/mol. The van der Waals surface area contributed by atoms with Gasteiger partial charge in [0.1, 0.15) is 11.9 Å². The Morgan fingerprint density at radius 3 is 2.10 bits per heavy atom. The van der Waals surface area contributed by atoms with E-state index in [4.69, 9.17) is 19.2 Å². The van der Waals surface area contributed by atoms with Crippen molar-refractivity contribution in [1.82, 2.24) is 4.90 Å². The summed E-state index contributed by atoms with van der Waals surface area (Å²) in [6.45, 7) is 0. The van der Waals surface area contributed by atoms with Gasteiger partial charge >= 0.3 is 0 Å². The molecule has 0 amide bonds.